The summed E-state index contributed by atoms with van der Waals surface area (Å²) in [5.41, 5.74) is 0.790. The fraction of sp³-hybridized carbons (Fsp3) is 0.429. The van der Waals surface area contributed by atoms with Gasteiger partial charge in [-0.3, -0.25) is 14.9 Å². The quantitative estimate of drug-likeness (QED) is 0.924. The van der Waals surface area contributed by atoms with Gasteiger partial charge in [0, 0.05) is 0 Å². The number of amides is 2. The van der Waals surface area contributed by atoms with E-state index in [0.29, 0.717) is 6.42 Å². The van der Waals surface area contributed by atoms with Gasteiger partial charge >= 0.3 is 0 Å². The predicted molar refractivity (Wildman–Crippen MR) is 75.4 cm³/mol. The molecule has 0 bridgehead atoms. The zero-order valence-corrected chi connectivity index (χ0v) is 12.0. The lowest BCUT2D eigenvalue weighted by atomic mass is 10.1. The number of nitrogens with one attached hydrogen (secondary N) is 1. The lowest BCUT2D eigenvalue weighted by molar-refractivity contribution is -0.118. The zero-order chi connectivity index (χ0) is 14.0. The van der Waals surface area contributed by atoms with Gasteiger partial charge in [-0.05, 0) is 44.9 Å². The molecule has 19 heavy (non-hydrogen) atoms. The Hall–Kier alpha value is -1.49. The van der Waals surface area contributed by atoms with Gasteiger partial charge in [0.25, 0.3) is 5.24 Å². The van der Waals surface area contributed by atoms with Crippen molar-refractivity contribution in [2.24, 2.45) is 0 Å². The molecule has 1 aromatic rings. The van der Waals surface area contributed by atoms with Crippen molar-refractivity contribution < 1.29 is 14.3 Å². The Labute approximate surface area is 116 Å². The van der Waals surface area contributed by atoms with Gasteiger partial charge in [0.15, 0.2) is 0 Å². The number of benzene rings is 1. The van der Waals surface area contributed by atoms with Crippen LogP contribution in [0.4, 0.5) is 4.79 Å². The van der Waals surface area contributed by atoms with Crippen LogP contribution < -0.4 is 10.1 Å². The number of carbonyl (C=O) groups excluding carboxylic acids is 2. The third-order valence-electron chi connectivity index (χ3n) is 2.54. The second kappa shape index (κ2) is 5.25. The molecule has 0 saturated carbocycles. The van der Waals surface area contributed by atoms with Crippen molar-refractivity contribution in [2.45, 2.75) is 38.0 Å². The summed E-state index contributed by atoms with van der Waals surface area (Å²) < 4.78 is 5.73. The van der Waals surface area contributed by atoms with E-state index in [4.69, 9.17) is 4.74 Å². The summed E-state index contributed by atoms with van der Waals surface area (Å²) in [5.74, 6) is 0.598. The lowest BCUT2D eigenvalue weighted by Crippen LogP contribution is -2.25. The highest BCUT2D eigenvalue weighted by Gasteiger charge is 2.31. The summed E-state index contributed by atoms with van der Waals surface area (Å²) in [7, 11) is 0. The number of hydrogen-bond acceptors (Lipinski definition) is 4. The van der Waals surface area contributed by atoms with Crippen molar-refractivity contribution >= 4 is 22.9 Å². The molecule has 1 heterocycles. The molecule has 1 aromatic carbocycles. The van der Waals surface area contributed by atoms with E-state index in [-0.39, 0.29) is 22.0 Å². The van der Waals surface area contributed by atoms with Crippen molar-refractivity contribution in [1.82, 2.24) is 5.32 Å². The van der Waals surface area contributed by atoms with Crippen molar-refractivity contribution in [3.8, 4) is 5.75 Å². The molecule has 5 heteroatoms. The molecule has 1 saturated heterocycles. The third-order valence-corrected chi connectivity index (χ3v) is 3.52. The zero-order valence-electron chi connectivity index (χ0n) is 11.2. The molecule has 1 atom stereocenters. The first-order chi connectivity index (χ1) is 8.83. The number of imide groups is 1. The molecule has 1 N–H and O–H groups in total. The SMILES string of the molecule is CC(C)(C)Oc1ccc(CC2SC(=O)NC2=O)cc1. The van der Waals surface area contributed by atoms with Crippen molar-refractivity contribution in [3.05, 3.63) is 29.8 Å². The predicted octanol–water partition coefficient (Wildman–Crippen LogP) is 2.76. The molecule has 0 spiro atoms. The molecule has 2 amide bonds. The highest BCUT2D eigenvalue weighted by molar-refractivity contribution is 8.15. The number of ether oxygens (including phenoxy) is 1. The average molecular weight is 279 g/mol. The summed E-state index contributed by atoms with van der Waals surface area (Å²) in [4.78, 5) is 22.5. The number of rotatable bonds is 3. The Balaban J connectivity index is 1.99. The normalized spacial score (nSPS) is 19.4. The van der Waals surface area contributed by atoms with Gasteiger partial charge in [0.1, 0.15) is 11.4 Å². The summed E-state index contributed by atoms with van der Waals surface area (Å²) in [5, 5.41) is 1.71. The first-order valence-electron chi connectivity index (χ1n) is 6.13. The maximum Gasteiger partial charge on any atom is 0.286 e. The summed E-state index contributed by atoms with van der Waals surface area (Å²) in [6, 6.07) is 7.63. The summed E-state index contributed by atoms with van der Waals surface area (Å²) in [6.45, 7) is 5.98. The van der Waals surface area contributed by atoms with Crippen LogP contribution in [0.3, 0.4) is 0 Å². The second-order valence-electron chi connectivity index (χ2n) is 5.45. The van der Waals surface area contributed by atoms with Gasteiger partial charge in [-0.25, -0.2) is 0 Å². The van der Waals surface area contributed by atoms with Crippen molar-refractivity contribution in [1.29, 1.82) is 0 Å². The van der Waals surface area contributed by atoms with E-state index in [2.05, 4.69) is 5.32 Å². The topological polar surface area (TPSA) is 55.4 Å². The fourth-order valence-electron chi connectivity index (χ4n) is 1.79. The average Bonchev–Trinajstić information content (AvgIpc) is 2.58. The maximum atomic E-state index is 11.5. The van der Waals surface area contributed by atoms with E-state index in [1.165, 1.54) is 0 Å². The molecule has 2 rings (SSSR count). The van der Waals surface area contributed by atoms with Gasteiger partial charge in [0.05, 0.1) is 5.25 Å². The van der Waals surface area contributed by atoms with Crippen LogP contribution in [0.2, 0.25) is 0 Å². The van der Waals surface area contributed by atoms with Crippen molar-refractivity contribution in [3.63, 3.8) is 0 Å². The molecule has 1 fully saturated rings. The monoisotopic (exact) mass is 279 g/mol. The Morgan fingerprint density at radius 1 is 1.21 bits per heavy atom. The lowest BCUT2D eigenvalue weighted by Gasteiger charge is -2.21. The van der Waals surface area contributed by atoms with Crippen LogP contribution in [0.5, 0.6) is 5.75 Å². The molecule has 4 nitrogen and oxygen atoms in total. The fourth-order valence-corrected chi connectivity index (χ4v) is 2.65. The van der Waals surface area contributed by atoms with E-state index in [9.17, 15) is 9.59 Å². The molecule has 1 aliphatic rings. The highest BCUT2D eigenvalue weighted by atomic mass is 32.2. The minimum Gasteiger partial charge on any atom is -0.488 e. The standard InChI is InChI=1S/C14H17NO3S/c1-14(2,3)18-10-6-4-9(5-7-10)8-11-12(16)15-13(17)19-11/h4-7,11H,8H2,1-3H3,(H,15,16,17). The molecule has 0 aliphatic carbocycles. The number of carbonyl (C=O) groups is 2. The Morgan fingerprint density at radius 2 is 1.84 bits per heavy atom. The van der Waals surface area contributed by atoms with E-state index in [1.54, 1.807) is 0 Å². The molecular formula is C14H17NO3S. The van der Waals surface area contributed by atoms with Gasteiger partial charge in [-0.1, -0.05) is 23.9 Å². The maximum absolute atomic E-state index is 11.5. The molecule has 0 radical (unpaired) electrons. The third kappa shape index (κ3) is 3.99. The van der Waals surface area contributed by atoms with E-state index < -0.39 is 0 Å². The van der Waals surface area contributed by atoms with E-state index in [0.717, 1.165) is 23.1 Å². The van der Waals surface area contributed by atoms with Crippen LogP contribution in [0.15, 0.2) is 24.3 Å². The molecule has 1 aliphatic heterocycles. The van der Waals surface area contributed by atoms with Crippen molar-refractivity contribution in [2.75, 3.05) is 0 Å². The number of hydrogen-bond donors (Lipinski definition) is 1. The molecule has 0 aromatic heterocycles. The first kappa shape index (κ1) is 13.9. The van der Waals surface area contributed by atoms with Crippen LogP contribution in [-0.2, 0) is 11.2 Å². The van der Waals surface area contributed by atoms with Gasteiger partial charge in [-0.2, -0.15) is 0 Å². The van der Waals surface area contributed by atoms with Crippen LogP contribution in [0.25, 0.3) is 0 Å². The molecule has 102 valence electrons. The van der Waals surface area contributed by atoms with Crippen LogP contribution in [0, 0.1) is 0 Å². The van der Waals surface area contributed by atoms with Gasteiger partial charge in [-0.15, -0.1) is 0 Å². The Morgan fingerprint density at radius 3 is 2.32 bits per heavy atom. The highest BCUT2D eigenvalue weighted by Crippen LogP contribution is 2.24. The molecular weight excluding hydrogens is 262 g/mol. The summed E-state index contributed by atoms with van der Waals surface area (Å²) >= 11 is 1.05. The van der Waals surface area contributed by atoms with E-state index in [1.807, 2.05) is 45.0 Å². The summed E-state index contributed by atoms with van der Waals surface area (Å²) in [6.07, 6.45) is 0.554. The van der Waals surface area contributed by atoms with Crippen LogP contribution >= 0.6 is 11.8 Å². The smallest absolute Gasteiger partial charge is 0.286 e. The minimum absolute atomic E-state index is 0.204. The Kier molecular flexibility index (Phi) is 3.85. The first-order valence-corrected chi connectivity index (χ1v) is 7.01. The van der Waals surface area contributed by atoms with Gasteiger partial charge in [0.2, 0.25) is 5.91 Å². The van der Waals surface area contributed by atoms with Crippen LogP contribution in [-0.4, -0.2) is 22.0 Å². The Bertz CT molecular complexity index is 490. The minimum atomic E-state index is -0.318. The van der Waals surface area contributed by atoms with E-state index >= 15 is 0 Å². The second-order valence-corrected chi connectivity index (χ2v) is 6.62. The van der Waals surface area contributed by atoms with Gasteiger partial charge < -0.3 is 4.74 Å². The molecule has 1 unspecified atom stereocenters. The number of thioether (sulfide) groups is 1. The van der Waals surface area contributed by atoms with Crippen LogP contribution in [0.1, 0.15) is 26.3 Å². The largest absolute Gasteiger partial charge is 0.488 e.